The van der Waals surface area contributed by atoms with Gasteiger partial charge in [-0.05, 0) is 18.4 Å². The molecule has 0 fully saturated rings. The van der Waals surface area contributed by atoms with E-state index in [0.29, 0.717) is 13.0 Å². The number of amidine groups is 1. The molecule has 1 aromatic rings. The third-order valence-corrected chi connectivity index (χ3v) is 2.75. The first-order valence-corrected chi connectivity index (χ1v) is 5.98. The second-order valence-corrected chi connectivity index (χ2v) is 4.01. The zero-order valence-electron chi connectivity index (χ0n) is 10.5. The molecule has 0 aliphatic rings. The van der Waals surface area contributed by atoms with Crippen molar-refractivity contribution in [3.8, 4) is 0 Å². The van der Waals surface area contributed by atoms with Gasteiger partial charge in [-0.25, -0.2) is 0 Å². The van der Waals surface area contributed by atoms with E-state index in [2.05, 4.69) is 10.5 Å². The molecule has 18 heavy (non-hydrogen) atoms. The van der Waals surface area contributed by atoms with Crippen LogP contribution < -0.4 is 11.1 Å². The van der Waals surface area contributed by atoms with Crippen molar-refractivity contribution in [1.29, 1.82) is 0 Å². The van der Waals surface area contributed by atoms with E-state index in [9.17, 15) is 4.79 Å². The summed E-state index contributed by atoms with van der Waals surface area (Å²) >= 11 is 0. The van der Waals surface area contributed by atoms with E-state index in [4.69, 9.17) is 10.9 Å². The minimum Gasteiger partial charge on any atom is -0.409 e. The molecule has 5 heteroatoms. The average Bonchev–Trinajstić information content (AvgIpc) is 2.40. The number of hydrogen-bond donors (Lipinski definition) is 3. The summed E-state index contributed by atoms with van der Waals surface area (Å²) in [4.78, 5) is 11.8. The highest BCUT2D eigenvalue weighted by Crippen LogP contribution is 2.03. The van der Waals surface area contributed by atoms with Gasteiger partial charge >= 0.3 is 0 Å². The van der Waals surface area contributed by atoms with Crippen LogP contribution >= 0.6 is 0 Å². The molecular weight excluding hydrogens is 230 g/mol. The van der Waals surface area contributed by atoms with Gasteiger partial charge in [-0.15, -0.1) is 0 Å². The fourth-order valence-corrected chi connectivity index (χ4v) is 1.70. The summed E-state index contributed by atoms with van der Waals surface area (Å²) in [5.74, 6) is -0.816. The van der Waals surface area contributed by atoms with Crippen molar-refractivity contribution >= 4 is 11.7 Å². The van der Waals surface area contributed by atoms with Gasteiger partial charge in [0.05, 0.1) is 5.92 Å². The number of hydrogen-bond acceptors (Lipinski definition) is 3. The van der Waals surface area contributed by atoms with Crippen LogP contribution in [-0.2, 0) is 11.2 Å². The van der Waals surface area contributed by atoms with E-state index < -0.39 is 5.92 Å². The second kappa shape index (κ2) is 7.32. The van der Waals surface area contributed by atoms with Crippen LogP contribution in [0.15, 0.2) is 35.5 Å². The maximum Gasteiger partial charge on any atom is 0.230 e. The van der Waals surface area contributed by atoms with Crippen molar-refractivity contribution in [2.45, 2.75) is 19.8 Å². The van der Waals surface area contributed by atoms with E-state index in [1.54, 1.807) is 0 Å². The Labute approximate surface area is 107 Å². The molecule has 0 radical (unpaired) electrons. The Morgan fingerprint density at radius 2 is 2.11 bits per heavy atom. The lowest BCUT2D eigenvalue weighted by Crippen LogP contribution is -2.39. The molecule has 4 N–H and O–H groups in total. The van der Waals surface area contributed by atoms with Gasteiger partial charge in [0.15, 0.2) is 5.84 Å². The summed E-state index contributed by atoms with van der Waals surface area (Å²) < 4.78 is 0. The minimum atomic E-state index is -0.564. The monoisotopic (exact) mass is 249 g/mol. The van der Waals surface area contributed by atoms with Gasteiger partial charge in [0.2, 0.25) is 5.91 Å². The predicted molar refractivity (Wildman–Crippen MR) is 70.3 cm³/mol. The van der Waals surface area contributed by atoms with Gasteiger partial charge in [-0.3, -0.25) is 4.79 Å². The van der Waals surface area contributed by atoms with Crippen molar-refractivity contribution in [2.75, 3.05) is 6.54 Å². The first-order valence-electron chi connectivity index (χ1n) is 5.98. The molecule has 1 rings (SSSR count). The SMILES string of the molecule is CCC(C(=O)NCCc1ccccc1)C(N)=NO. The first kappa shape index (κ1) is 14.0. The predicted octanol–water partition coefficient (Wildman–Crippen LogP) is 1.12. The Hall–Kier alpha value is -2.04. The highest BCUT2D eigenvalue weighted by molar-refractivity contribution is 6.01. The molecule has 0 bridgehead atoms. The molecule has 1 atom stereocenters. The van der Waals surface area contributed by atoms with Crippen LogP contribution in [-0.4, -0.2) is 23.5 Å². The summed E-state index contributed by atoms with van der Waals surface area (Å²) in [6, 6.07) is 9.89. The maximum atomic E-state index is 11.8. The smallest absolute Gasteiger partial charge is 0.230 e. The number of nitrogens with zero attached hydrogens (tertiary/aromatic N) is 1. The highest BCUT2D eigenvalue weighted by Gasteiger charge is 2.20. The van der Waals surface area contributed by atoms with Gasteiger partial charge in [0, 0.05) is 6.54 Å². The summed E-state index contributed by atoms with van der Waals surface area (Å²) in [5.41, 5.74) is 6.61. The molecule has 1 amide bonds. The molecule has 0 saturated heterocycles. The largest absolute Gasteiger partial charge is 0.409 e. The third kappa shape index (κ3) is 4.08. The molecule has 0 aromatic heterocycles. The van der Waals surface area contributed by atoms with E-state index in [-0.39, 0.29) is 11.7 Å². The second-order valence-electron chi connectivity index (χ2n) is 4.01. The van der Waals surface area contributed by atoms with Crippen molar-refractivity contribution in [3.05, 3.63) is 35.9 Å². The highest BCUT2D eigenvalue weighted by atomic mass is 16.4. The zero-order chi connectivity index (χ0) is 13.4. The standard InChI is InChI=1S/C13H19N3O2/c1-2-11(12(14)16-18)13(17)15-9-8-10-6-4-3-5-7-10/h3-7,11,18H,2,8-9H2,1H3,(H2,14,16)(H,15,17). The van der Waals surface area contributed by atoms with Crippen LogP contribution in [0.2, 0.25) is 0 Å². The first-order chi connectivity index (χ1) is 8.69. The van der Waals surface area contributed by atoms with Gasteiger partial charge in [-0.2, -0.15) is 0 Å². The van der Waals surface area contributed by atoms with E-state index in [0.717, 1.165) is 12.0 Å². The summed E-state index contributed by atoms with van der Waals surface area (Å²) in [6.07, 6.45) is 1.27. The lowest BCUT2D eigenvalue weighted by Gasteiger charge is -2.13. The molecule has 0 saturated carbocycles. The van der Waals surface area contributed by atoms with Crippen LogP contribution in [0.5, 0.6) is 0 Å². The number of nitrogens with two attached hydrogens (primary N) is 1. The van der Waals surface area contributed by atoms with Crippen molar-refractivity contribution in [2.24, 2.45) is 16.8 Å². The van der Waals surface area contributed by atoms with Gasteiger partial charge in [0.1, 0.15) is 0 Å². The molecule has 0 aliphatic heterocycles. The summed E-state index contributed by atoms with van der Waals surface area (Å²) in [5, 5.41) is 14.2. The van der Waals surface area contributed by atoms with Gasteiger partial charge in [-0.1, -0.05) is 42.4 Å². The zero-order valence-corrected chi connectivity index (χ0v) is 10.5. The molecule has 5 nitrogen and oxygen atoms in total. The molecule has 0 spiro atoms. The Morgan fingerprint density at radius 3 is 2.67 bits per heavy atom. The summed E-state index contributed by atoms with van der Waals surface area (Å²) in [7, 11) is 0. The molecule has 1 unspecified atom stereocenters. The fraction of sp³-hybridized carbons (Fsp3) is 0.385. The van der Waals surface area contributed by atoms with Crippen molar-refractivity contribution in [1.82, 2.24) is 5.32 Å². The van der Waals surface area contributed by atoms with E-state index in [1.165, 1.54) is 0 Å². The number of carbonyl (C=O) groups is 1. The van der Waals surface area contributed by atoms with Crippen LogP contribution in [0.1, 0.15) is 18.9 Å². The number of oxime groups is 1. The molecule has 0 aliphatic carbocycles. The number of rotatable bonds is 6. The Morgan fingerprint density at radius 1 is 1.44 bits per heavy atom. The van der Waals surface area contributed by atoms with Crippen LogP contribution in [0.3, 0.4) is 0 Å². The van der Waals surface area contributed by atoms with Crippen molar-refractivity contribution in [3.63, 3.8) is 0 Å². The van der Waals surface area contributed by atoms with E-state index in [1.807, 2.05) is 37.3 Å². The maximum absolute atomic E-state index is 11.8. The molecule has 0 heterocycles. The Balaban J connectivity index is 2.41. The average molecular weight is 249 g/mol. The lowest BCUT2D eigenvalue weighted by atomic mass is 10.0. The molecule has 98 valence electrons. The fourth-order valence-electron chi connectivity index (χ4n) is 1.70. The van der Waals surface area contributed by atoms with Crippen LogP contribution in [0, 0.1) is 5.92 Å². The van der Waals surface area contributed by atoms with Gasteiger partial charge in [0.25, 0.3) is 0 Å². The topological polar surface area (TPSA) is 87.7 Å². The number of carbonyl (C=O) groups excluding carboxylic acids is 1. The third-order valence-electron chi connectivity index (χ3n) is 2.75. The quantitative estimate of drug-likeness (QED) is 0.305. The lowest BCUT2D eigenvalue weighted by molar-refractivity contribution is -0.123. The number of amides is 1. The Bertz CT molecular complexity index is 404. The van der Waals surface area contributed by atoms with Gasteiger partial charge < -0.3 is 16.3 Å². The molecular formula is C13H19N3O2. The van der Waals surface area contributed by atoms with Crippen LogP contribution in [0.4, 0.5) is 0 Å². The Kier molecular flexibility index (Phi) is 5.70. The minimum absolute atomic E-state index is 0.0466. The summed E-state index contributed by atoms with van der Waals surface area (Å²) in [6.45, 7) is 2.36. The number of nitrogens with one attached hydrogen (secondary N) is 1. The van der Waals surface area contributed by atoms with Crippen LogP contribution in [0.25, 0.3) is 0 Å². The molecule has 1 aromatic carbocycles. The van der Waals surface area contributed by atoms with E-state index >= 15 is 0 Å². The van der Waals surface area contributed by atoms with Crippen molar-refractivity contribution < 1.29 is 10.0 Å². The number of benzene rings is 1. The normalized spacial score (nSPS) is 13.1.